The van der Waals surface area contributed by atoms with Gasteiger partial charge in [-0.25, -0.2) is 0 Å². The number of nitrogens with one attached hydrogen (secondary N) is 3. The Hall–Kier alpha value is -2.86. The molecule has 6 heteroatoms. The van der Waals surface area contributed by atoms with Gasteiger partial charge in [0.15, 0.2) is 13.1 Å². The molecule has 0 radical (unpaired) electrons. The number of hydrogen-bond donors (Lipinski definition) is 3. The summed E-state index contributed by atoms with van der Waals surface area (Å²) in [5.41, 5.74) is 3.64. The average Bonchev–Trinajstić information content (AvgIpc) is 2.53. The minimum Gasteiger partial charge on any atom is -0.497 e. The molecule has 6 nitrogen and oxygen atoms in total. The predicted octanol–water partition coefficient (Wildman–Crippen LogP) is 1.40. The molecular weight excluding hydrogens is 330 g/mol. The molecule has 0 bridgehead atoms. The molecule has 0 aliphatic carbocycles. The Kier molecular flexibility index (Phi) is 6.74. The van der Waals surface area contributed by atoms with E-state index in [-0.39, 0.29) is 24.9 Å². The molecule has 26 heavy (non-hydrogen) atoms. The fourth-order valence-electron chi connectivity index (χ4n) is 2.77. The molecule has 0 saturated heterocycles. The van der Waals surface area contributed by atoms with Gasteiger partial charge in [0.25, 0.3) is 11.8 Å². The van der Waals surface area contributed by atoms with Gasteiger partial charge in [-0.2, -0.15) is 0 Å². The fourth-order valence-corrected chi connectivity index (χ4v) is 2.77. The van der Waals surface area contributed by atoms with Crippen LogP contribution in [-0.4, -0.2) is 39.1 Å². The second-order valence-corrected chi connectivity index (χ2v) is 6.52. The number of amides is 2. The summed E-state index contributed by atoms with van der Waals surface area (Å²) in [6, 6.07) is 13.1. The highest BCUT2D eigenvalue weighted by atomic mass is 16.5. The van der Waals surface area contributed by atoms with Gasteiger partial charge in [-0.3, -0.25) is 9.59 Å². The van der Waals surface area contributed by atoms with Crippen molar-refractivity contribution in [1.82, 2.24) is 0 Å². The van der Waals surface area contributed by atoms with Crippen LogP contribution in [0.2, 0.25) is 0 Å². The van der Waals surface area contributed by atoms with Gasteiger partial charge >= 0.3 is 0 Å². The number of quaternary nitrogens is 1. The Bertz CT molecular complexity index is 769. The van der Waals surface area contributed by atoms with Gasteiger partial charge in [0, 0.05) is 17.4 Å². The van der Waals surface area contributed by atoms with Crippen LogP contribution < -0.4 is 20.3 Å². The Labute approximate surface area is 154 Å². The first-order valence-corrected chi connectivity index (χ1v) is 8.49. The molecule has 0 aliphatic heterocycles. The summed E-state index contributed by atoms with van der Waals surface area (Å²) in [7, 11) is 3.39. The van der Waals surface area contributed by atoms with Gasteiger partial charge in [0.1, 0.15) is 5.75 Å². The Morgan fingerprint density at radius 2 is 1.50 bits per heavy atom. The van der Waals surface area contributed by atoms with E-state index in [0.717, 1.165) is 21.7 Å². The van der Waals surface area contributed by atoms with Gasteiger partial charge in [-0.05, 0) is 49.2 Å². The molecule has 0 heterocycles. The van der Waals surface area contributed by atoms with Gasteiger partial charge in [-0.15, -0.1) is 0 Å². The highest BCUT2D eigenvalue weighted by Gasteiger charge is 2.15. The Morgan fingerprint density at radius 3 is 2.08 bits per heavy atom. The third-order valence-electron chi connectivity index (χ3n) is 3.78. The van der Waals surface area contributed by atoms with E-state index in [4.69, 9.17) is 4.74 Å². The van der Waals surface area contributed by atoms with Crippen LogP contribution in [0.25, 0.3) is 0 Å². The van der Waals surface area contributed by atoms with E-state index in [2.05, 4.69) is 16.7 Å². The monoisotopic (exact) mass is 356 g/mol. The van der Waals surface area contributed by atoms with E-state index in [1.54, 1.807) is 19.2 Å². The van der Waals surface area contributed by atoms with E-state index in [1.165, 1.54) is 0 Å². The number of carbonyl (C=O) groups excluding carboxylic acids is 2. The summed E-state index contributed by atoms with van der Waals surface area (Å²) < 4.78 is 5.13. The summed E-state index contributed by atoms with van der Waals surface area (Å²) >= 11 is 0. The number of ether oxygens (including phenoxy) is 1. The van der Waals surface area contributed by atoms with Crippen LogP contribution in [0.3, 0.4) is 0 Å². The average molecular weight is 356 g/mol. The summed E-state index contributed by atoms with van der Waals surface area (Å²) in [6.45, 7) is 4.38. The number of aryl methyl sites for hydroxylation is 2. The maximum absolute atomic E-state index is 12.2. The van der Waals surface area contributed by atoms with Crippen LogP contribution in [-0.2, 0) is 9.59 Å². The zero-order valence-electron chi connectivity index (χ0n) is 15.7. The predicted molar refractivity (Wildman–Crippen MR) is 103 cm³/mol. The van der Waals surface area contributed by atoms with E-state index < -0.39 is 0 Å². The number of anilines is 2. The van der Waals surface area contributed by atoms with Crippen LogP contribution in [0.1, 0.15) is 11.1 Å². The van der Waals surface area contributed by atoms with E-state index in [0.29, 0.717) is 11.4 Å². The van der Waals surface area contributed by atoms with Crippen LogP contribution in [0.15, 0.2) is 42.5 Å². The molecule has 0 aliphatic rings. The maximum Gasteiger partial charge on any atom is 0.279 e. The van der Waals surface area contributed by atoms with Crippen molar-refractivity contribution < 1.29 is 19.2 Å². The van der Waals surface area contributed by atoms with Gasteiger partial charge < -0.3 is 20.3 Å². The van der Waals surface area contributed by atoms with Crippen molar-refractivity contribution in [2.75, 3.05) is 37.9 Å². The zero-order valence-corrected chi connectivity index (χ0v) is 15.7. The van der Waals surface area contributed by atoms with Crippen molar-refractivity contribution >= 4 is 23.2 Å². The third-order valence-corrected chi connectivity index (χ3v) is 3.78. The molecule has 2 aromatic rings. The van der Waals surface area contributed by atoms with E-state index >= 15 is 0 Å². The molecule has 0 spiro atoms. The molecular formula is C20H26N3O3+. The van der Waals surface area contributed by atoms with Gasteiger partial charge in [0.05, 0.1) is 14.2 Å². The smallest absolute Gasteiger partial charge is 0.279 e. The molecule has 0 aromatic heterocycles. The molecule has 1 atom stereocenters. The maximum atomic E-state index is 12.2. The molecule has 2 rings (SSSR count). The van der Waals surface area contributed by atoms with E-state index in [9.17, 15) is 9.59 Å². The van der Waals surface area contributed by atoms with Crippen LogP contribution in [0, 0.1) is 13.8 Å². The van der Waals surface area contributed by atoms with Gasteiger partial charge in [-0.1, -0.05) is 12.1 Å². The summed E-state index contributed by atoms with van der Waals surface area (Å²) in [6.07, 6.45) is 0. The summed E-state index contributed by atoms with van der Waals surface area (Å²) in [5.74, 6) is 0.396. The van der Waals surface area contributed by atoms with Crippen molar-refractivity contribution in [3.05, 3.63) is 53.6 Å². The van der Waals surface area contributed by atoms with E-state index in [1.807, 2.05) is 45.2 Å². The number of benzene rings is 2. The molecule has 2 amide bonds. The van der Waals surface area contributed by atoms with Crippen molar-refractivity contribution in [3.8, 4) is 5.75 Å². The zero-order chi connectivity index (χ0) is 19.1. The number of hydrogen-bond acceptors (Lipinski definition) is 3. The molecule has 138 valence electrons. The van der Waals surface area contributed by atoms with Crippen molar-refractivity contribution in [2.45, 2.75) is 13.8 Å². The highest BCUT2D eigenvalue weighted by Crippen LogP contribution is 2.16. The summed E-state index contributed by atoms with van der Waals surface area (Å²) in [4.78, 5) is 25.1. The SMILES string of the molecule is COc1cccc(NC(=O)C[NH+](C)CC(=O)Nc2cc(C)cc(C)c2)c1. The quantitative estimate of drug-likeness (QED) is 0.702. The van der Waals surface area contributed by atoms with Crippen molar-refractivity contribution in [2.24, 2.45) is 0 Å². The standard InChI is InChI=1S/C20H25N3O3/c1-14-8-15(2)10-17(9-14)22-20(25)13-23(3)12-19(24)21-16-6-5-7-18(11-16)26-4/h5-11H,12-13H2,1-4H3,(H,21,24)(H,22,25)/p+1. The number of methoxy groups -OCH3 is 1. The fraction of sp³-hybridized carbons (Fsp3) is 0.300. The Balaban J connectivity index is 1.83. The lowest BCUT2D eigenvalue weighted by atomic mass is 10.1. The van der Waals surface area contributed by atoms with Crippen LogP contribution in [0.4, 0.5) is 11.4 Å². The Morgan fingerprint density at radius 1 is 0.923 bits per heavy atom. The number of carbonyl (C=O) groups is 2. The van der Waals surface area contributed by atoms with Crippen molar-refractivity contribution in [3.63, 3.8) is 0 Å². The normalized spacial score (nSPS) is 11.5. The molecule has 3 N–H and O–H groups in total. The lowest BCUT2D eigenvalue weighted by molar-refractivity contribution is -0.862. The number of rotatable bonds is 7. The molecule has 1 unspecified atom stereocenters. The molecule has 0 saturated carbocycles. The minimum absolute atomic E-state index is 0.123. The van der Waals surface area contributed by atoms with Gasteiger partial charge in [0.2, 0.25) is 0 Å². The van der Waals surface area contributed by atoms with Crippen LogP contribution in [0.5, 0.6) is 5.75 Å². The largest absolute Gasteiger partial charge is 0.497 e. The first-order chi connectivity index (χ1) is 12.4. The summed E-state index contributed by atoms with van der Waals surface area (Å²) in [5, 5.41) is 5.70. The van der Waals surface area contributed by atoms with Crippen molar-refractivity contribution in [1.29, 1.82) is 0 Å². The lowest BCUT2D eigenvalue weighted by Gasteiger charge is -2.14. The topological polar surface area (TPSA) is 71.9 Å². The first-order valence-electron chi connectivity index (χ1n) is 8.49. The second kappa shape index (κ2) is 9.01. The number of likely N-dealkylation sites (N-methyl/N-ethyl adjacent to an activating group) is 1. The highest BCUT2D eigenvalue weighted by molar-refractivity contribution is 5.93. The third kappa shape index (κ3) is 6.22. The second-order valence-electron chi connectivity index (χ2n) is 6.52. The lowest BCUT2D eigenvalue weighted by Crippen LogP contribution is -3.11. The molecule has 0 fully saturated rings. The molecule has 2 aromatic carbocycles. The minimum atomic E-state index is -0.157. The van der Waals surface area contributed by atoms with Crippen LogP contribution >= 0.6 is 0 Å². The first kappa shape index (κ1) is 19.5.